The summed E-state index contributed by atoms with van der Waals surface area (Å²) in [6, 6.07) is 24.0. The second-order valence-corrected chi connectivity index (χ2v) is 11.9. The van der Waals surface area contributed by atoms with Crippen LogP contribution in [0.4, 0.5) is 10.8 Å². The molecule has 5 rings (SSSR count). The Kier molecular flexibility index (Phi) is 8.26. The summed E-state index contributed by atoms with van der Waals surface area (Å²) in [5.74, 6) is -0.716. The topological polar surface area (TPSA) is 62.3 Å². The van der Waals surface area contributed by atoms with Crippen LogP contribution in [0.3, 0.4) is 0 Å². The molecule has 190 valence electrons. The van der Waals surface area contributed by atoms with E-state index in [-0.39, 0.29) is 12.3 Å². The minimum absolute atomic E-state index is 0.266. The van der Waals surface area contributed by atoms with E-state index in [4.69, 9.17) is 35.4 Å². The Morgan fingerprint density at radius 1 is 1.00 bits per heavy atom. The molecule has 2 amide bonds. The molecule has 3 aromatic carbocycles. The van der Waals surface area contributed by atoms with E-state index in [0.29, 0.717) is 42.1 Å². The average molecular weight is 597 g/mol. The van der Waals surface area contributed by atoms with Gasteiger partial charge in [0.15, 0.2) is 9.45 Å². The predicted octanol–water partition coefficient (Wildman–Crippen LogP) is 7.54. The molecule has 4 aromatic rings. The largest absolute Gasteiger partial charge is 0.298 e. The summed E-state index contributed by atoms with van der Waals surface area (Å²) < 4.78 is 0.379. The third-order valence-corrected chi connectivity index (χ3v) is 8.63. The fourth-order valence-corrected chi connectivity index (χ4v) is 6.47. The summed E-state index contributed by atoms with van der Waals surface area (Å²) >= 11 is 20.4. The van der Waals surface area contributed by atoms with Crippen molar-refractivity contribution < 1.29 is 9.59 Å². The van der Waals surface area contributed by atoms with Gasteiger partial charge in [-0.15, -0.1) is 11.3 Å². The van der Waals surface area contributed by atoms with Crippen molar-refractivity contribution in [3.8, 4) is 0 Å². The van der Waals surface area contributed by atoms with Crippen LogP contribution in [0.2, 0.25) is 10.0 Å². The van der Waals surface area contributed by atoms with E-state index in [1.54, 1.807) is 18.3 Å². The van der Waals surface area contributed by atoms with Crippen LogP contribution in [0.15, 0.2) is 95.5 Å². The lowest BCUT2D eigenvalue weighted by Gasteiger charge is -2.14. The number of carbonyl (C=O) groups excluding carboxylic acids is 2. The number of hydrogen-bond donors (Lipinski definition) is 1. The Morgan fingerprint density at radius 3 is 2.45 bits per heavy atom. The normalized spacial score (nSPS) is 14.6. The van der Waals surface area contributed by atoms with Gasteiger partial charge < -0.3 is 0 Å². The number of rotatable bonds is 7. The maximum absolute atomic E-state index is 13.6. The molecule has 0 spiro atoms. The number of aromatic nitrogens is 1. The number of nitrogens with one attached hydrogen (secondary N) is 1. The molecule has 1 aliphatic rings. The highest BCUT2D eigenvalue weighted by Gasteiger charge is 2.37. The van der Waals surface area contributed by atoms with Gasteiger partial charge in [-0.25, -0.2) is 4.98 Å². The summed E-state index contributed by atoms with van der Waals surface area (Å²) in [5.41, 5.74) is 2.77. The maximum Gasteiger partial charge on any atom is 0.271 e. The molecule has 0 aliphatic carbocycles. The van der Waals surface area contributed by atoms with Gasteiger partial charge >= 0.3 is 0 Å². The number of thiocarbonyl (C=S) groups is 1. The number of thiazole rings is 1. The number of benzene rings is 3. The number of amides is 2. The van der Waals surface area contributed by atoms with E-state index < -0.39 is 5.91 Å². The van der Waals surface area contributed by atoms with Crippen molar-refractivity contribution in [1.82, 2.24) is 4.98 Å². The molecule has 0 bridgehead atoms. The first-order chi connectivity index (χ1) is 18.4. The molecule has 10 heteroatoms. The molecule has 0 radical (unpaired) electrons. The Labute approximate surface area is 243 Å². The van der Waals surface area contributed by atoms with Crippen LogP contribution in [0.1, 0.15) is 16.0 Å². The van der Waals surface area contributed by atoms with Crippen molar-refractivity contribution in [3.05, 3.63) is 122 Å². The Balaban J connectivity index is 1.42. The number of hydrogen-bond acceptors (Lipinski definition) is 6. The Morgan fingerprint density at radius 2 is 1.71 bits per heavy atom. The van der Waals surface area contributed by atoms with Crippen LogP contribution >= 0.6 is 58.5 Å². The monoisotopic (exact) mass is 595 g/mol. The first-order valence-electron chi connectivity index (χ1n) is 11.5. The summed E-state index contributed by atoms with van der Waals surface area (Å²) in [4.78, 5) is 34.2. The third-order valence-electron chi connectivity index (χ3n) is 5.70. The number of carbonyl (C=O) groups is 2. The first kappa shape index (κ1) is 26.6. The van der Waals surface area contributed by atoms with Crippen LogP contribution in [0, 0.1) is 0 Å². The zero-order valence-electron chi connectivity index (χ0n) is 19.7. The molecular formula is C28H19Cl2N3O2S3. The molecule has 1 aromatic heterocycles. The van der Waals surface area contributed by atoms with Gasteiger partial charge in [0.25, 0.3) is 11.8 Å². The lowest BCUT2D eigenvalue weighted by atomic mass is 10.0. The van der Waals surface area contributed by atoms with Crippen LogP contribution < -0.4 is 10.2 Å². The van der Waals surface area contributed by atoms with Gasteiger partial charge in [0.1, 0.15) is 0 Å². The molecule has 0 atom stereocenters. The van der Waals surface area contributed by atoms with E-state index in [9.17, 15) is 9.59 Å². The van der Waals surface area contributed by atoms with Gasteiger partial charge in [-0.05, 0) is 41.5 Å². The SMILES string of the molecule is O=C(Nc1ncc(Cc2cc(Cl)ccc2Cl)s1)/C(Cc1ccccc1)=C1/SC(=S)N(c2ccccc2)C1=O. The predicted molar refractivity (Wildman–Crippen MR) is 161 cm³/mol. The minimum Gasteiger partial charge on any atom is -0.298 e. The third kappa shape index (κ3) is 6.00. The quantitative estimate of drug-likeness (QED) is 0.176. The number of thioether (sulfide) groups is 1. The fourth-order valence-electron chi connectivity index (χ4n) is 3.90. The van der Waals surface area contributed by atoms with Gasteiger partial charge in [0.05, 0.1) is 10.6 Å². The van der Waals surface area contributed by atoms with Gasteiger partial charge in [-0.3, -0.25) is 19.8 Å². The van der Waals surface area contributed by atoms with Crippen LogP contribution in [0.5, 0.6) is 0 Å². The zero-order valence-corrected chi connectivity index (χ0v) is 23.7. The summed E-state index contributed by atoms with van der Waals surface area (Å²) in [6.45, 7) is 0. The fraction of sp³-hybridized carbons (Fsp3) is 0.0714. The number of para-hydroxylation sites is 1. The van der Waals surface area contributed by atoms with Crippen molar-refractivity contribution in [1.29, 1.82) is 0 Å². The molecular weight excluding hydrogens is 577 g/mol. The van der Waals surface area contributed by atoms with E-state index in [0.717, 1.165) is 27.8 Å². The van der Waals surface area contributed by atoms with E-state index in [1.807, 2.05) is 66.7 Å². The average Bonchev–Trinajstić information content (AvgIpc) is 3.48. The van der Waals surface area contributed by atoms with E-state index in [1.165, 1.54) is 16.2 Å². The van der Waals surface area contributed by atoms with Gasteiger partial charge in [0.2, 0.25) is 0 Å². The molecule has 0 unspecified atom stereocenters. The second kappa shape index (κ2) is 11.8. The Bertz CT molecular complexity index is 1560. The lowest BCUT2D eigenvalue weighted by Crippen LogP contribution is -2.28. The van der Waals surface area contributed by atoms with Crippen molar-refractivity contribution in [2.24, 2.45) is 0 Å². The van der Waals surface area contributed by atoms with Crippen molar-refractivity contribution in [2.45, 2.75) is 12.8 Å². The highest BCUT2D eigenvalue weighted by atomic mass is 35.5. The van der Waals surface area contributed by atoms with Crippen LogP contribution in [-0.4, -0.2) is 21.1 Å². The van der Waals surface area contributed by atoms with Crippen molar-refractivity contribution in [3.63, 3.8) is 0 Å². The minimum atomic E-state index is -0.399. The summed E-state index contributed by atoms with van der Waals surface area (Å²) in [7, 11) is 0. The van der Waals surface area contributed by atoms with Crippen molar-refractivity contribution in [2.75, 3.05) is 10.2 Å². The molecule has 0 saturated carbocycles. The molecule has 1 aliphatic heterocycles. The number of anilines is 2. The van der Waals surface area contributed by atoms with Crippen molar-refractivity contribution >= 4 is 85.5 Å². The zero-order chi connectivity index (χ0) is 26.6. The number of nitrogens with zero attached hydrogens (tertiary/aromatic N) is 2. The smallest absolute Gasteiger partial charge is 0.271 e. The number of halogens is 2. The molecule has 38 heavy (non-hydrogen) atoms. The lowest BCUT2D eigenvalue weighted by molar-refractivity contribution is -0.115. The first-order valence-corrected chi connectivity index (χ1v) is 14.3. The van der Waals surface area contributed by atoms with E-state index in [2.05, 4.69) is 10.3 Å². The molecule has 5 nitrogen and oxygen atoms in total. The highest BCUT2D eigenvalue weighted by Crippen LogP contribution is 2.38. The maximum atomic E-state index is 13.6. The Hall–Kier alpha value is -3.01. The van der Waals surface area contributed by atoms with Crippen LogP contribution in [-0.2, 0) is 22.4 Å². The van der Waals surface area contributed by atoms with Gasteiger partial charge in [-0.1, -0.05) is 95.7 Å². The molecule has 1 saturated heterocycles. The molecule has 1 N–H and O–H groups in total. The summed E-state index contributed by atoms with van der Waals surface area (Å²) in [6.07, 6.45) is 2.49. The van der Waals surface area contributed by atoms with Gasteiger partial charge in [-0.2, -0.15) is 0 Å². The van der Waals surface area contributed by atoms with E-state index >= 15 is 0 Å². The standard InChI is InChI=1S/C28H19Cl2N3O2S3/c29-19-11-12-23(30)18(14-19)15-21-16-31-27(37-21)32-25(34)22(13-17-7-3-1-4-8-17)24-26(35)33(28(36)38-24)20-9-5-2-6-10-20/h1-12,14,16H,13,15H2,(H,31,32,34)/b24-22+. The molecule has 1 fully saturated rings. The summed E-state index contributed by atoms with van der Waals surface area (Å²) in [5, 5.41) is 4.52. The second-order valence-electron chi connectivity index (χ2n) is 8.31. The molecule has 2 heterocycles. The van der Waals surface area contributed by atoms with Gasteiger partial charge in [0, 0.05) is 39.5 Å². The highest BCUT2D eigenvalue weighted by molar-refractivity contribution is 8.27. The van der Waals surface area contributed by atoms with Crippen LogP contribution in [0.25, 0.3) is 0 Å².